The fourth-order valence-corrected chi connectivity index (χ4v) is 5.56. The number of Topliss-reactive ketones (excluding diaryl/α,β-unsaturated/α-hetero) is 1. The highest BCUT2D eigenvalue weighted by Gasteiger charge is 2.48. The summed E-state index contributed by atoms with van der Waals surface area (Å²) in [6.07, 6.45) is 2.94. The number of hydrogen-bond donors (Lipinski definition) is 1. The number of carbonyl (C=O) groups is 2. The van der Waals surface area contributed by atoms with E-state index >= 15 is 0 Å². The number of aromatic nitrogens is 3. The first-order valence-corrected chi connectivity index (χ1v) is 12.3. The van der Waals surface area contributed by atoms with Crippen LogP contribution < -0.4 is 4.90 Å². The number of aliphatic hydroxyl groups excluding tert-OH is 1. The minimum atomic E-state index is -0.997. The lowest BCUT2D eigenvalue weighted by molar-refractivity contribution is -0.132. The van der Waals surface area contributed by atoms with Crippen molar-refractivity contribution in [2.45, 2.75) is 16.1 Å². The molecule has 10 heteroatoms. The Bertz CT molecular complexity index is 1410. The van der Waals surface area contributed by atoms with E-state index in [4.69, 9.17) is 0 Å². The van der Waals surface area contributed by atoms with Crippen molar-refractivity contribution in [1.29, 1.82) is 0 Å². The third-order valence-corrected chi connectivity index (χ3v) is 7.52. The second-order valence-electron chi connectivity index (χ2n) is 7.58. The minimum absolute atomic E-state index is 0.110. The van der Waals surface area contributed by atoms with Crippen LogP contribution in [0.4, 0.5) is 9.52 Å². The number of aliphatic hydroxyl groups is 1. The SMILES string of the molecule is O=C1C(=O)N(c2nnc(SCc3ccccc3)s2)C(c2ccc(F)cc2)/C1=C(\O)c1ccncc1. The van der Waals surface area contributed by atoms with Gasteiger partial charge in [0.05, 0.1) is 11.6 Å². The number of carbonyl (C=O) groups excluding carboxylic acids is 2. The maximum Gasteiger partial charge on any atom is 0.301 e. The lowest BCUT2D eigenvalue weighted by Crippen LogP contribution is -2.29. The number of rotatable bonds is 6. The smallest absolute Gasteiger partial charge is 0.301 e. The zero-order valence-electron chi connectivity index (χ0n) is 18.0. The van der Waals surface area contributed by atoms with E-state index in [-0.39, 0.29) is 16.5 Å². The molecular formula is C25H17FN4O3S2. The molecule has 35 heavy (non-hydrogen) atoms. The van der Waals surface area contributed by atoms with Crippen LogP contribution in [0.2, 0.25) is 0 Å². The number of pyridine rings is 1. The molecule has 1 aliphatic rings. The highest BCUT2D eigenvalue weighted by Crippen LogP contribution is 2.44. The maximum atomic E-state index is 13.7. The van der Waals surface area contributed by atoms with E-state index in [1.54, 1.807) is 0 Å². The quantitative estimate of drug-likeness (QED) is 0.130. The topological polar surface area (TPSA) is 96.3 Å². The molecule has 174 valence electrons. The molecule has 2 aromatic heterocycles. The number of thioether (sulfide) groups is 1. The van der Waals surface area contributed by atoms with Gasteiger partial charge in [-0.05, 0) is 35.4 Å². The molecule has 1 aliphatic heterocycles. The van der Waals surface area contributed by atoms with E-state index in [2.05, 4.69) is 15.2 Å². The zero-order chi connectivity index (χ0) is 24.4. The van der Waals surface area contributed by atoms with Gasteiger partial charge in [-0.2, -0.15) is 0 Å². The highest BCUT2D eigenvalue weighted by molar-refractivity contribution is 8.00. The van der Waals surface area contributed by atoms with E-state index in [1.165, 1.54) is 76.8 Å². The number of ketones is 1. The summed E-state index contributed by atoms with van der Waals surface area (Å²) in [5, 5.41) is 19.6. The van der Waals surface area contributed by atoms with Crippen molar-refractivity contribution >= 4 is 45.7 Å². The largest absolute Gasteiger partial charge is 0.507 e. The van der Waals surface area contributed by atoms with Crippen LogP contribution in [0.15, 0.2) is 89.0 Å². The Morgan fingerprint density at radius 3 is 2.43 bits per heavy atom. The summed E-state index contributed by atoms with van der Waals surface area (Å²) >= 11 is 2.63. The average molecular weight is 505 g/mol. The Labute approximate surface area is 208 Å². The molecule has 0 spiro atoms. The summed E-state index contributed by atoms with van der Waals surface area (Å²) in [6, 6.07) is 17.4. The molecule has 1 saturated heterocycles. The molecule has 1 atom stereocenters. The van der Waals surface area contributed by atoms with Crippen LogP contribution in [0, 0.1) is 5.82 Å². The van der Waals surface area contributed by atoms with Crippen molar-refractivity contribution in [3.63, 3.8) is 0 Å². The van der Waals surface area contributed by atoms with Gasteiger partial charge in [0.1, 0.15) is 11.6 Å². The van der Waals surface area contributed by atoms with Crippen LogP contribution in [-0.2, 0) is 15.3 Å². The van der Waals surface area contributed by atoms with Crippen molar-refractivity contribution < 1.29 is 19.1 Å². The molecule has 4 aromatic rings. The van der Waals surface area contributed by atoms with Gasteiger partial charge in [-0.3, -0.25) is 19.5 Å². The minimum Gasteiger partial charge on any atom is -0.507 e. The van der Waals surface area contributed by atoms with Gasteiger partial charge in [-0.15, -0.1) is 10.2 Å². The summed E-state index contributed by atoms with van der Waals surface area (Å²) in [5.74, 6) is -1.84. The first-order valence-electron chi connectivity index (χ1n) is 10.5. The Kier molecular flexibility index (Phi) is 6.39. The standard InChI is InChI=1S/C25H17FN4O3S2/c26-18-8-6-16(7-9-18)20-19(21(31)17-10-12-27-13-11-17)22(32)23(33)30(20)24-28-29-25(35-24)34-14-15-4-2-1-3-5-15/h1-13,20,31H,14H2/b21-19+. The Balaban J connectivity index is 1.54. The van der Waals surface area contributed by atoms with Gasteiger partial charge in [-0.25, -0.2) is 4.39 Å². The van der Waals surface area contributed by atoms with E-state index in [9.17, 15) is 19.1 Å². The molecule has 0 aliphatic carbocycles. The Hall–Kier alpha value is -3.89. The van der Waals surface area contributed by atoms with Gasteiger partial charge in [0.15, 0.2) is 4.34 Å². The third-order valence-electron chi connectivity index (χ3n) is 5.39. The van der Waals surface area contributed by atoms with Crippen LogP contribution >= 0.6 is 23.1 Å². The lowest BCUT2D eigenvalue weighted by Gasteiger charge is -2.22. The first-order chi connectivity index (χ1) is 17.0. The van der Waals surface area contributed by atoms with Crippen molar-refractivity contribution in [1.82, 2.24) is 15.2 Å². The van der Waals surface area contributed by atoms with Gasteiger partial charge in [0.25, 0.3) is 5.78 Å². The number of anilines is 1. The number of benzene rings is 2. The molecule has 7 nitrogen and oxygen atoms in total. The van der Waals surface area contributed by atoms with E-state index < -0.39 is 23.5 Å². The second kappa shape index (κ2) is 9.77. The fraction of sp³-hybridized carbons (Fsp3) is 0.0800. The van der Waals surface area contributed by atoms with Gasteiger partial charge < -0.3 is 5.11 Å². The number of nitrogens with zero attached hydrogens (tertiary/aromatic N) is 4. The van der Waals surface area contributed by atoms with Crippen molar-refractivity contribution in [2.75, 3.05) is 4.90 Å². The fourth-order valence-electron chi connectivity index (χ4n) is 3.73. The molecule has 1 unspecified atom stereocenters. The second-order valence-corrected chi connectivity index (χ2v) is 9.76. The number of halogens is 1. The normalized spacial score (nSPS) is 17.2. The molecule has 0 saturated carbocycles. The summed E-state index contributed by atoms with van der Waals surface area (Å²) in [6.45, 7) is 0. The van der Waals surface area contributed by atoms with Gasteiger partial charge in [0.2, 0.25) is 5.13 Å². The maximum absolute atomic E-state index is 13.7. The molecule has 1 fully saturated rings. The molecule has 0 radical (unpaired) electrons. The summed E-state index contributed by atoms with van der Waals surface area (Å²) in [5.41, 5.74) is 1.79. The molecule has 2 aromatic carbocycles. The van der Waals surface area contributed by atoms with Crippen LogP contribution in [-0.4, -0.2) is 32.0 Å². The summed E-state index contributed by atoms with van der Waals surface area (Å²) in [7, 11) is 0. The Morgan fingerprint density at radius 1 is 1.00 bits per heavy atom. The molecule has 1 N–H and O–H groups in total. The average Bonchev–Trinajstić information content (AvgIpc) is 3.46. The van der Waals surface area contributed by atoms with E-state index in [0.717, 1.165) is 5.56 Å². The van der Waals surface area contributed by atoms with E-state index in [0.29, 0.717) is 21.2 Å². The first kappa shape index (κ1) is 22.9. The van der Waals surface area contributed by atoms with E-state index in [1.807, 2.05) is 30.3 Å². The predicted octanol–water partition coefficient (Wildman–Crippen LogP) is 4.99. The lowest BCUT2D eigenvalue weighted by atomic mass is 9.95. The molecule has 5 rings (SSSR count). The van der Waals surface area contributed by atoms with Gasteiger partial charge in [0, 0.05) is 23.7 Å². The molecule has 1 amide bonds. The van der Waals surface area contributed by atoms with Gasteiger partial charge in [-0.1, -0.05) is 65.6 Å². The summed E-state index contributed by atoms with van der Waals surface area (Å²) in [4.78, 5) is 31.4. The number of hydrogen-bond acceptors (Lipinski definition) is 8. The highest BCUT2D eigenvalue weighted by atomic mass is 32.2. The van der Waals surface area contributed by atoms with Crippen LogP contribution in [0.3, 0.4) is 0 Å². The predicted molar refractivity (Wildman–Crippen MR) is 131 cm³/mol. The zero-order valence-corrected chi connectivity index (χ0v) is 19.7. The van der Waals surface area contributed by atoms with Crippen LogP contribution in [0.1, 0.15) is 22.7 Å². The van der Waals surface area contributed by atoms with Crippen molar-refractivity contribution in [3.8, 4) is 0 Å². The van der Waals surface area contributed by atoms with Crippen molar-refractivity contribution in [2.24, 2.45) is 0 Å². The van der Waals surface area contributed by atoms with Crippen LogP contribution in [0.25, 0.3) is 5.76 Å². The Morgan fingerprint density at radius 2 is 1.71 bits per heavy atom. The summed E-state index contributed by atoms with van der Waals surface area (Å²) < 4.78 is 14.3. The monoisotopic (exact) mass is 504 g/mol. The molecule has 3 heterocycles. The molecule has 0 bridgehead atoms. The van der Waals surface area contributed by atoms with Gasteiger partial charge >= 0.3 is 5.91 Å². The van der Waals surface area contributed by atoms with Crippen molar-refractivity contribution in [3.05, 3.63) is 107 Å². The van der Waals surface area contributed by atoms with Crippen LogP contribution in [0.5, 0.6) is 0 Å². The third kappa shape index (κ3) is 4.58. The molecular weight excluding hydrogens is 487 g/mol. The number of amides is 1.